The van der Waals surface area contributed by atoms with E-state index in [1.54, 1.807) is 6.07 Å². The Morgan fingerprint density at radius 1 is 1.38 bits per heavy atom. The van der Waals surface area contributed by atoms with E-state index in [1.165, 1.54) is 18.3 Å². The topological polar surface area (TPSA) is 59.2 Å². The zero-order valence-electron chi connectivity index (χ0n) is 8.41. The number of ether oxygens (including phenoxy) is 1. The van der Waals surface area contributed by atoms with Crippen molar-refractivity contribution in [3.63, 3.8) is 0 Å². The number of hydrogen-bond donors (Lipinski definition) is 1. The summed E-state index contributed by atoms with van der Waals surface area (Å²) < 4.78 is 17.6. The number of carbonyl (C=O) groups is 2. The van der Waals surface area contributed by atoms with Crippen LogP contribution in [-0.4, -0.2) is 23.8 Å². The van der Waals surface area contributed by atoms with E-state index in [2.05, 4.69) is 9.72 Å². The van der Waals surface area contributed by atoms with Crippen LogP contribution in [0, 0.1) is 5.82 Å². The predicted octanol–water partition coefficient (Wildman–Crippen LogP) is 1.66. The highest BCUT2D eigenvalue weighted by Gasteiger charge is 2.21. The molecule has 82 valence electrons. The number of methoxy groups -OCH3 is 1. The number of ketones is 1. The molecule has 0 aliphatic heterocycles. The summed E-state index contributed by atoms with van der Waals surface area (Å²) >= 11 is 0. The standard InChI is InChI=1S/C11H8FNO3/c1-16-11(15)10(14)7-5-13-9-6(7)3-2-4-8(9)12/h2-5,13H,1H3. The van der Waals surface area contributed by atoms with E-state index >= 15 is 0 Å². The van der Waals surface area contributed by atoms with Crippen LogP contribution in [0.25, 0.3) is 10.9 Å². The van der Waals surface area contributed by atoms with Crippen LogP contribution in [-0.2, 0) is 9.53 Å². The third-order valence-corrected chi connectivity index (χ3v) is 2.28. The lowest BCUT2D eigenvalue weighted by atomic mass is 10.1. The summed E-state index contributed by atoms with van der Waals surface area (Å²) in [6.07, 6.45) is 1.30. The first kappa shape index (κ1) is 10.4. The second-order valence-electron chi connectivity index (χ2n) is 3.19. The lowest BCUT2D eigenvalue weighted by Gasteiger charge is -1.97. The van der Waals surface area contributed by atoms with Crippen LogP contribution in [0.2, 0.25) is 0 Å². The predicted molar refractivity (Wildman–Crippen MR) is 54.6 cm³/mol. The number of nitrogens with one attached hydrogen (secondary N) is 1. The molecule has 2 rings (SSSR count). The van der Waals surface area contributed by atoms with Gasteiger partial charge in [0.2, 0.25) is 0 Å². The summed E-state index contributed by atoms with van der Waals surface area (Å²) in [5.41, 5.74) is 0.316. The average molecular weight is 221 g/mol. The number of fused-ring (bicyclic) bond motifs is 1. The summed E-state index contributed by atoms with van der Waals surface area (Å²) in [7, 11) is 1.12. The van der Waals surface area contributed by atoms with Gasteiger partial charge in [-0.05, 0) is 6.07 Å². The fourth-order valence-electron chi connectivity index (χ4n) is 1.51. The molecule has 0 amide bonds. The number of hydrogen-bond acceptors (Lipinski definition) is 3. The molecule has 1 heterocycles. The molecule has 0 radical (unpaired) electrons. The Labute approximate surface area is 90.0 Å². The maximum Gasteiger partial charge on any atom is 0.379 e. The number of aromatic amines is 1. The fraction of sp³-hybridized carbons (Fsp3) is 0.0909. The third kappa shape index (κ3) is 1.46. The van der Waals surface area contributed by atoms with Gasteiger partial charge in [-0.1, -0.05) is 12.1 Å². The number of aromatic nitrogens is 1. The lowest BCUT2D eigenvalue weighted by molar-refractivity contribution is -0.135. The quantitative estimate of drug-likeness (QED) is 0.476. The first-order chi connectivity index (χ1) is 7.65. The van der Waals surface area contributed by atoms with Crippen LogP contribution in [0.3, 0.4) is 0 Å². The van der Waals surface area contributed by atoms with Crippen LogP contribution in [0.4, 0.5) is 4.39 Å². The van der Waals surface area contributed by atoms with E-state index in [1.807, 2.05) is 0 Å². The van der Waals surface area contributed by atoms with Crippen molar-refractivity contribution < 1.29 is 18.7 Å². The van der Waals surface area contributed by atoms with Gasteiger partial charge >= 0.3 is 5.97 Å². The highest BCUT2D eigenvalue weighted by atomic mass is 19.1. The van der Waals surface area contributed by atoms with Gasteiger partial charge < -0.3 is 9.72 Å². The second kappa shape index (κ2) is 3.77. The SMILES string of the molecule is COC(=O)C(=O)c1c[nH]c2c(F)cccc12. The van der Waals surface area contributed by atoms with Gasteiger partial charge in [-0.2, -0.15) is 0 Å². The molecule has 1 N–H and O–H groups in total. The second-order valence-corrected chi connectivity index (χ2v) is 3.19. The van der Waals surface area contributed by atoms with Gasteiger partial charge in [-0.3, -0.25) is 4.79 Å². The van der Waals surface area contributed by atoms with Gasteiger partial charge in [0.1, 0.15) is 5.82 Å². The molecule has 0 spiro atoms. The number of benzene rings is 1. The molecule has 0 saturated heterocycles. The number of halogens is 1. The Morgan fingerprint density at radius 3 is 2.81 bits per heavy atom. The van der Waals surface area contributed by atoms with Crippen molar-refractivity contribution in [3.05, 3.63) is 35.8 Å². The van der Waals surface area contributed by atoms with Crippen molar-refractivity contribution in [1.29, 1.82) is 0 Å². The average Bonchev–Trinajstić information content (AvgIpc) is 2.72. The Hall–Kier alpha value is -2.17. The van der Waals surface area contributed by atoms with E-state index in [-0.39, 0.29) is 11.1 Å². The molecule has 16 heavy (non-hydrogen) atoms. The van der Waals surface area contributed by atoms with Crippen molar-refractivity contribution in [2.75, 3.05) is 7.11 Å². The molecular weight excluding hydrogens is 213 g/mol. The van der Waals surface area contributed by atoms with Gasteiger partial charge in [-0.25, -0.2) is 9.18 Å². The van der Waals surface area contributed by atoms with Crippen LogP contribution in [0.1, 0.15) is 10.4 Å². The summed E-state index contributed by atoms with van der Waals surface area (Å²) in [6, 6.07) is 4.30. The molecule has 4 nitrogen and oxygen atoms in total. The summed E-state index contributed by atoms with van der Waals surface area (Å²) in [5, 5.41) is 0.371. The van der Waals surface area contributed by atoms with E-state index < -0.39 is 17.6 Å². The largest absolute Gasteiger partial charge is 0.463 e. The number of esters is 1. The molecule has 0 aliphatic rings. The highest BCUT2D eigenvalue weighted by molar-refractivity contribution is 6.42. The Morgan fingerprint density at radius 2 is 2.12 bits per heavy atom. The number of H-pyrrole nitrogens is 1. The molecular formula is C11H8FNO3. The Balaban J connectivity index is 2.59. The number of para-hydroxylation sites is 1. The summed E-state index contributed by atoms with van der Waals surface area (Å²) in [5.74, 6) is -2.23. The van der Waals surface area contributed by atoms with E-state index in [9.17, 15) is 14.0 Å². The maximum atomic E-state index is 13.3. The number of Topliss-reactive ketones (excluding diaryl/α,β-unsaturated/α-hetero) is 1. The van der Waals surface area contributed by atoms with Gasteiger partial charge in [0.25, 0.3) is 5.78 Å². The van der Waals surface area contributed by atoms with Crippen LogP contribution in [0.5, 0.6) is 0 Å². The first-order valence-electron chi connectivity index (χ1n) is 4.53. The van der Waals surface area contributed by atoms with Crippen LogP contribution >= 0.6 is 0 Å². The fourth-order valence-corrected chi connectivity index (χ4v) is 1.51. The number of rotatable bonds is 2. The Kier molecular flexibility index (Phi) is 2.44. The molecule has 5 heteroatoms. The van der Waals surface area contributed by atoms with E-state index in [0.29, 0.717) is 5.39 Å². The van der Waals surface area contributed by atoms with Crippen molar-refractivity contribution in [3.8, 4) is 0 Å². The van der Waals surface area contributed by atoms with Crippen molar-refractivity contribution in [1.82, 2.24) is 4.98 Å². The van der Waals surface area contributed by atoms with Gasteiger partial charge in [0, 0.05) is 11.6 Å². The Bertz CT molecular complexity index is 574. The highest BCUT2D eigenvalue weighted by Crippen LogP contribution is 2.21. The molecule has 1 aromatic heterocycles. The smallest absolute Gasteiger partial charge is 0.379 e. The van der Waals surface area contributed by atoms with E-state index in [0.717, 1.165) is 7.11 Å². The molecule has 0 bridgehead atoms. The molecule has 0 fully saturated rings. The molecule has 0 unspecified atom stereocenters. The monoisotopic (exact) mass is 221 g/mol. The minimum Gasteiger partial charge on any atom is -0.463 e. The molecule has 0 aliphatic carbocycles. The van der Waals surface area contributed by atoms with Crippen molar-refractivity contribution in [2.24, 2.45) is 0 Å². The van der Waals surface area contributed by atoms with Crippen LogP contribution in [0.15, 0.2) is 24.4 Å². The van der Waals surface area contributed by atoms with E-state index in [4.69, 9.17) is 0 Å². The van der Waals surface area contributed by atoms with Crippen LogP contribution < -0.4 is 0 Å². The minimum atomic E-state index is -0.967. The van der Waals surface area contributed by atoms with Crippen molar-refractivity contribution in [2.45, 2.75) is 0 Å². The first-order valence-corrected chi connectivity index (χ1v) is 4.53. The van der Waals surface area contributed by atoms with Crippen molar-refractivity contribution >= 4 is 22.7 Å². The van der Waals surface area contributed by atoms with Gasteiger partial charge in [0.05, 0.1) is 18.2 Å². The maximum absolute atomic E-state index is 13.3. The minimum absolute atomic E-state index is 0.112. The summed E-state index contributed by atoms with van der Waals surface area (Å²) in [6.45, 7) is 0. The molecule has 2 aromatic rings. The lowest BCUT2D eigenvalue weighted by Crippen LogP contribution is -2.15. The zero-order valence-corrected chi connectivity index (χ0v) is 8.41. The van der Waals surface area contributed by atoms with Gasteiger partial charge in [0.15, 0.2) is 0 Å². The third-order valence-electron chi connectivity index (χ3n) is 2.28. The normalized spacial score (nSPS) is 10.4. The molecule has 1 aromatic carbocycles. The molecule has 0 atom stereocenters. The number of carbonyl (C=O) groups excluding carboxylic acids is 2. The zero-order chi connectivity index (χ0) is 11.7. The summed E-state index contributed by atoms with van der Waals surface area (Å²) in [4.78, 5) is 25.2. The molecule has 0 saturated carbocycles. The van der Waals surface area contributed by atoms with Gasteiger partial charge in [-0.15, -0.1) is 0 Å².